The molecule has 0 fully saturated rings. The molecule has 0 aliphatic heterocycles. The van der Waals surface area contributed by atoms with Crippen LogP contribution in [0.2, 0.25) is 0 Å². The number of amides is 1. The summed E-state index contributed by atoms with van der Waals surface area (Å²) in [5.74, 6) is -4.41. The van der Waals surface area contributed by atoms with E-state index in [4.69, 9.17) is 0 Å². The molecule has 5 nitrogen and oxygen atoms in total. The molecule has 10 heteroatoms. The van der Waals surface area contributed by atoms with Gasteiger partial charge < -0.3 is 10.6 Å². The Bertz CT molecular complexity index is 1010. The van der Waals surface area contributed by atoms with E-state index in [1.807, 2.05) is 0 Å². The molecule has 0 saturated carbocycles. The monoisotopic (exact) mass is 382 g/mol. The maximum Gasteiger partial charge on any atom is 0.451 e. The highest BCUT2D eigenvalue weighted by Crippen LogP contribution is 2.30. The number of alkyl halides is 3. The molecule has 27 heavy (non-hydrogen) atoms. The second-order valence-electron chi connectivity index (χ2n) is 5.44. The number of fused-ring (bicyclic) bond motifs is 1. The fourth-order valence-electron chi connectivity index (χ4n) is 2.28. The summed E-state index contributed by atoms with van der Waals surface area (Å²) in [6.45, 7) is -0.447. The maximum absolute atomic E-state index is 13.1. The lowest BCUT2D eigenvalue weighted by Gasteiger charge is -2.12. The zero-order valence-corrected chi connectivity index (χ0v) is 13.4. The number of aromatic nitrogens is 2. The van der Waals surface area contributed by atoms with E-state index in [1.54, 1.807) is 6.07 Å². The predicted molar refractivity (Wildman–Crippen MR) is 88.0 cm³/mol. The molecule has 2 aromatic carbocycles. The SMILES string of the molecule is O=C(CNc1nc(C(F)(F)F)nc2ccccc12)Nc1ccc(F)c(F)c1. The van der Waals surface area contributed by atoms with Crippen molar-refractivity contribution in [1.29, 1.82) is 0 Å². The molecule has 1 amide bonds. The van der Waals surface area contributed by atoms with E-state index >= 15 is 0 Å². The van der Waals surface area contributed by atoms with Gasteiger partial charge in [0.15, 0.2) is 11.6 Å². The Morgan fingerprint density at radius 1 is 1.00 bits per heavy atom. The molecule has 0 aliphatic rings. The van der Waals surface area contributed by atoms with E-state index in [9.17, 15) is 26.7 Å². The maximum atomic E-state index is 13.1. The lowest BCUT2D eigenvalue weighted by molar-refractivity contribution is -0.144. The zero-order chi connectivity index (χ0) is 19.6. The number of benzene rings is 2. The predicted octanol–water partition coefficient (Wildman–Crippen LogP) is 3.98. The van der Waals surface area contributed by atoms with Gasteiger partial charge in [0.05, 0.1) is 12.1 Å². The molecule has 3 rings (SSSR count). The van der Waals surface area contributed by atoms with Crippen molar-refractivity contribution in [3.63, 3.8) is 0 Å². The first kappa shape index (κ1) is 18.5. The summed E-state index contributed by atoms with van der Waals surface area (Å²) in [4.78, 5) is 18.9. The normalized spacial score (nSPS) is 11.4. The van der Waals surface area contributed by atoms with Crippen LogP contribution in [0.3, 0.4) is 0 Å². The summed E-state index contributed by atoms with van der Waals surface area (Å²) in [6, 6.07) is 8.78. The molecular formula is C17H11F5N4O. The van der Waals surface area contributed by atoms with Gasteiger partial charge >= 0.3 is 6.18 Å². The van der Waals surface area contributed by atoms with Crippen molar-refractivity contribution in [3.8, 4) is 0 Å². The number of para-hydroxylation sites is 1. The van der Waals surface area contributed by atoms with E-state index in [0.29, 0.717) is 5.39 Å². The number of nitrogens with zero attached hydrogens (tertiary/aromatic N) is 2. The molecule has 3 aromatic rings. The molecule has 0 bridgehead atoms. The number of rotatable bonds is 4. The number of nitrogens with one attached hydrogen (secondary N) is 2. The highest BCUT2D eigenvalue weighted by Gasteiger charge is 2.35. The Hall–Kier alpha value is -3.30. The molecule has 2 N–H and O–H groups in total. The fourth-order valence-corrected chi connectivity index (χ4v) is 2.28. The minimum absolute atomic E-state index is 0.00391. The Balaban J connectivity index is 1.79. The van der Waals surface area contributed by atoms with E-state index in [0.717, 1.165) is 18.2 Å². The quantitative estimate of drug-likeness (QED) is 0.670. The molecule has 1 aromatic heterocycles. The summed E-state index contributed by atoms with van der Waals surface area (Å²) in [5, 5.41) is 5.11. The van der Waals surface area contributed by atoms with Gasteiger partial charge in [0.2, 0.25) is 11.7 Å². The van der Waals surface area contributed by atoms with Gasteiger partial charge in [0.1, 0.15) is 5.82 Å². The Morgan fingerprint density at radius 2 is 1.74 bits per heavy atom. The van der Waals surface area contributed by atoms with Crippen molar-refractivity contribution in [1.82, 2.24) is 9.97 Å². The standard InChI is InChI=1S/C17H11F5N4O/c18-11-6-5-9(7-12(11)19)24-14(27)8-23-15-10-3-1-2-4-13(10)25-16(26-15)17(20,21)22/h1-7H,8H2,(H,24,27)(H,23,25,26). The fraction of sp³-hybridized carbons (Fsp3) is 0.118. The van der Waals surface area contributed by atoms with Gasteiger partial charge in [-0.3, -0.25) is 4.79 Å². The second-order valence-corrected chi connectivity index (χ2v) is 5.44. The second kappa shape index (κ2) is 7.14. The Morgan fingerprint density at radius 3 is 2.44 bits per heavy atom. The summed E-state index contributed by atoms with van der Waals surface area (Å²) in [5.41, 5.74) is 0.0626. The summed E-state index contributed by atoms with van der Waals surface area (Å²) in [6.07, 6.45) is -4.76. The van der Waals surface area contributed by atoms with Gasteiger partial charge in [-0.15, -0.1) is 0 Å². The smallest absolute Gasteiger partial charge is 0.360 e. The average molecular weight is 382 g/mol. The number of anilines is 2. The van der Waals surface area contributed by atoms with Crippen LogP contribution in [0.15, 0.2) is 42.5 Å². The van der Waals surface area contributed by atoms with E-state index in [1.165, 1.54) is 18.2 Å². The van der Waals surface area contributed by atoms with Crippen molar-refractivity contribution < 1.29 is 26.7 Å². The van der Waals surface area contributed by atoms with Gasteiger partial charge in [-0.1, -0.05) is 12.1 Å². The van der Waals surface area contributed by atoms with Crippen LogP contribution >= 0.6 is 0 Å². The van der Waals surface area contributed by atoms with E-state index < -0.39 is 36.1 Å². The van der Waals surface area contributed by atoms with Crippen LogP contribution in [0.5, 0.6) is 0 Å². The molecular weight excluding hydrogens is 371 g/mol. The van der Waals surface area contributed by atoms with E-state index in [-0.39, 0.29) is 17.0 Å². The van der Waals surface area contributed by atoms with Crippen LogP contribution in [-0.4, -0.2) is 22.4 Å². The Kier molecular flexibility index (Phi) is 4.89. The number of hydrogen-bond acceptors (Lipinski definition) is 4. The summed E-state index contributed by atoms with van der Waals surface area (Å²) >= 11 is 0. The average Bonchev–Trinajstić information content (AvgIpc) is 2.62. The molecule has 0 unspecified atom stereocenters. The minimum Gasteiger partial charge on any atom is -0.360 e. The van der Waals surface area contributed by atoms with Crippen molar-refractivity contribution in [2.45, 2.75) is 6.18 Å². The third-order valence-electron chi connectivity index (χ3n) is 3.48. The van der Waals surface area contributed by atoms with Crippen LogP contribution in [0.25, 0.3) is 10.9 Å². The van der Waals surface area contributed by atoms with Crippen LogP contribution in [0.4, 0.5) is 33.5 Å². The minimum atomic E-state index is -4.76. The first-order chi connectivity index (χ1) is 12.7. The van der Waals surface area contributed by atoms with Gasteiger partial charge in [0, 0.05) is 17.1 Å². The highest BCUT2D eigenvalue weighted by molar-refractivity contribution is 5.96. The molecule has 0 radical (unpaired) electrons. The van der Waals surface area contributed by atoms with Gasteiger partial charge in [-0.05, 0) is 24.3 Å². The highest BCUT2D eigenvalue weighted by atomic mass is 19.4. The van der Waals surface area contributed by atoms with Gasteiger partial charge in [0.25, 0.3) is 0 Å². The van der Waals surface area contributed by atoms with Crippen LogP contribution in [-0.2, 0) is 11.0 Å². The van der Waals surface area contributed by atoms with Gasteiger partial charge in [-0.25, -0.2) is 18.7 Å². The molecule has 1 heterocycles. The van der Waals surface area contributed by atoms with Crippen molar-refractivity contribution in [2.24, 2.45) is 0 Å². The number of halogens is 5. The third-order valence-corrected chi connectivity index (χ3v) is 3.48. The molecule has 0 spiro atoms. The van der Waals surface area contributed by atoms with Crippen LogP contribution < -0.4 is 10.6 Å². The summed E-state index contributed by atoms with van der Waals surface area (Å²) < 4.78 is 64.9. The number of carbonyl (C=O) groups excluding carboxylic acids is 1. The van der Waals surface area contributed by atoms with Gasteiger partial charge in [-0.2, -0.15) is 13.2 Å². The Labute approximate surface area is 149 Å². The molecule has 0 atom stereocenters. The molecule has 0 saturated heterocycles. The van der Waals surface area contributed by atoms with Crippen LogP contribution in [0, 0.1) is 11.6 Å². The topological polar surface area (TPSA) is 66.9 Å². The van der Waals surface area contributed by atoms with E-state index in [2.05, 4.69) is 20.6 Å². The first-order valence-corrected chi connectivity index (χ1v) is 7.57. The lowest BCUT2D eigenvalue weighted by atomic mass is 10.2. The summed E-state index contributed by atoms with van der Waals surface area (Å²) in [7, 11) is 0. The van der Waals surface area contributed by atoms with Crippen molar-refractivity contribution >= 4 is 28.3 Å². The van der Waals surface area contributed by atoms with Crippen LogP contribution in [0.1, 0.15) is 5.82 Å². The first-order valence-electron chi connectivity index (χ1n) is 7.57. The number of hydrogen-bond donors (Lipinski definition) is 2. The number of carbonyl (C=O) groups is 1. The largest absolute Gasteiger partial charge is 0.451 e. The van der Waals surface area contributed by atoms with Crippen molar-refractivity contribution in [2.75, 3.05) is 17.2 Å². The lowest BCUT2D eigenvalue weighted by Crippen LogP contribution is -2.23. The zero-order valence-electron chi connectivity index (χ0n) is 13.4. The van der Waals surface area contributed by atoms with Crippen molar-refractivity contribution in [3.05, 3.63) is 59.9 Å². The molecule has 0 aliphatic carbocycles. The molecule has 140 valence electrons. The third kappa shape index (κ3) is 4.27.